The van der Waals surface area contributed by atoms with Gasteiger partial charge in [-0.2, -0.15) is 26.7 Å². The second kappa shape index (κ2) is 11.0. The first-order valence-electron chi connectivity index (χ1n) is 10.1. The first-order chi connectivity index (χ1) is 16.4. The molecule has 0 saturated heterocycles. The average Bonchev–Trinajstić information content (AvgIpc) is 3.13. The second-order valence-corrected chi connectivity index (χ2v) is 10.1. The number of benzene rings is 2. The number of amides is 1. The van der Waals surface area contributed by atoms with Crippen LogP contribution in [0.2, 0.25) is 10.0 Å². The third-order valence-corrected chi connectivity index (χ3v) is 6.40. The molecule has 0 aliphatic carbocycles. The summed E-state index contributed by atoms with van der Waals surface area (Å²) in [7, 11) is -5.76. The third kappa shape index (κ3) is 7.20. The summed E-state index contributed by atoms with van der Waals surface area (Å²) < 4.78 is 68.3. The Balaban J connectivity index is 1.78. The van der Waals surface area contributed by atoms with E-state index < -0.39 is 34.1 Å². The number of ether oxygens (including phenoxy) is 1. The summed E-state index contributed by atoms with van der Waals surface area (Å²) in [5.41, 5.74) is -3.02. The summed E-state index contributed by atoms with van der Waals surface area (Å²) in [5.74, 6) is -1.29. The van der Waals surface area contributed by atoms with Crippen LogP contribution in [0.25, 0.3) is 0 Å². The Labute approximate surface area is 209 Å². The van der Waals surface area contributed by atoms with Crippen LogP contribution in [0, 0.1) is 6.92 Å². The monoisotopic (exact) mass is 549 g/mol. The number of nitrogens with one attached hydrogen (secondary N) is 1. The van der Waals surface area contributed by atoms with E-state index in [9.17, 15) is 26.4 Å². The number of carbonyl (C=O) groups is 1. The van der Waals surface area contributed by atoms with Crippen LogP contribution in [0.4, 0.5) is 13.2 Å². The van der Waals surface area contributed by atoms with Gasteiger partial charge in [-0.3, -0.25) is 4.79 Å². The Kier molecular flexibility index (Phi) is 8.47. The highest BCUT2D eigenvalue weighted by molar-refractivity contribution is 7.90. The molecule has 0 spiro atoms. The van der Waals surface area contributed by atoms with Gasteiger partial charge in [0.05, 0.1) is 12.3 Å². The van der Waals surface area contributed by atoms with Crippen LogP contribution in [0.3, 0.4) is 0 Å². The fraction of sp³-hybridized carbons (Fsp3) is 0.273. The summed E-state index contributed by atoms with van der Waals surface area (Å²) in [4.78, 5) is 11.8. The molecule has 13 heteroatoms. The van der Waals surface area contributed by atoms with E-state index in [-0.39, 0.29) is 13.0 Å². The molecule has 0 radical (unpaired) electrons. The predicted octanol–water partition coefficient (Wildman–Crippen LogP) is 5.16. The summed E-state index contributed by atoms with van der Waals surface area (Å²) in [6.07, 6.45) is -1.32. The molecule has 1 unspecified atom stereocenters. The maximum Gasteiger partial charge on any atom is 0.516 e. The molecule has 0 aliphatic rings. The van der Waals surface area contributed by atoms with Crippen LogP contribution in [0.1, 0.15) is 35.2 Å². The van der Waals surface area contributed by atoms with Gasteiger partial charge in [0.2, 0.25) is 5.91 Å². The number of rotatable bonds is 9. The Morgan fingerprint density at radius 2 is 1.80 bits per heavy atom. The van der Waals surface area contributed by atoms with Crippen molar-refractivity contribution in [1.82, 2.24) is 14.5 Å². The van der Waals surface area contributed by atoms with Crippen LogP contribution in [0.5, 0.6) is 0 Å². The predicted molar refractivity (Wildman–Crippen MR) is 124 cm³/mol. The Hall–Kier alpha value is -2.60. The highest BCUT2D eigenvalue weighted by atomic mass is 35.5. The summed E-state index contributed by atoms with van der Waals surface area (Å²) >= 11 is 12.1. The molecule has 7 nitrogen and oxygen atoms in total. The maximum absolute atomic E-state index is 12.5. The number of aryl methyl sites for hydroxylation is 2. The minimum Gasteiger partial charge on any atom is -0.347 e. The van der Waals surface area contributed by atoms with Gasteiger partial charge in [0.1, 0.15) is 0 Å². The molecular formula is C22H20Cl2F3N3O4S. The molecular weight excluding hydrogens is 530 g/mol. The van der Waals surface area contributed by atoms with Crippen molar-refractivity contribution in [1.29, 1.82) is 0 Å². The van der Waals surface area contributed by atoms with E-state index in [2.05, 4.69) is 5.10 Å². The zero-order chi connectivity index (χ0) is 25.8. The summed E-state index contributed by atoms with van der Waals surface area (Å²) in [6, 6.07) is 15.7. The van der Waals surface area contributed by atoms with Crippen molar-refractivity contribution in [2.45, 2.75) is 38.1 Å². The van der Waals surface area contributed by atoms with Gasteiger partial charge in [0.15, 0.2) is 6.23 Å². The zero-order valence-corrected chi connectivity index (χ0v) is 20.5. The van der Waals surface area contributed by atoms with Crippen molar-refractivity contribution in [3.05, 3.63) is 87.2 Å². The molecule has 1 N–H and O–H groups in total. The normalized spacial score (nSPS) is 13.0. The van der Waals surface area contributed by atoms with Gasteiger partial charge in [-0.1, -0.05) is 47.5 Å². The lowest BCUT2D eigenvalue weighted by Gasteiger charge is -2.21. The SMILES string of the molecule is Cc1cc(CCC(=O)NS(=O)(=O)C(F)(F)F)nn1C(OCc1ccc(Cl)cc1)c1cccc(Cl)c1. The highest BCUT2D eigenvalue weighted by Gasteiger charge is 2.46. The molecule has 1 atom stereocenters. The molecule has 0 saturated carbocycles. The van der Waals surface area contributed by atoms with Crippen LogP contribution >= 0.6 is 23.2 Å². The molecule has 188 valence electrons. The van der Waals surface area contributed by atoms with E-state index >= 15 is 0 Å². The summed E-state index contributed by atoms with van der Waals surface area (Å²) in [5, 5.41) is 5.50. The molecule has 1 aromatic heterocycles. The number of hydrogen-bond donors (Lipinski definition) is 1. The third-order valence-electron chi connectivity index (χ3n) is 4.81. The number of halogens is 5. The van der Waals surface area contributed by atoms with E-state index in [0.29, 0.717) is 27.0 Å². The maximum atomic E-state index is 12.5. The highest BCUT2D eigenvalue weighted by Crippen LogP contribution is 2.26. The van der Waals surface area contributed by atoms with Crippen molar-refractivity contribution in [3.63, 3.8) is 0 Å². The number of sulfonamides is 1. The molecule has 2 aromatic carbocycles. The van der Waals surface area contributed by atoms with E-state index in [4.69, 9.17) is 27.9 Å². The number of hydrogen-bond acceptors (Lipinski definition) is 5. The van der Waals surface area contributed by atoms with Gasteiger partial charge in [-0.25, -0.2) is 9.40 Å². The molecule has 35 heavy (non-hydrogen) atoms. The standard InChI is InChI=1S/C22H20Cl2F3N3O4S/c1-14-11-19(9-10-20(31)29-35(32,33)22(25,26)27)28-30(14)21(16-3-2-4-18(24)12-16)34-13-15-5-7-17(23)8-6-15/h2-8,11-12,21H,9-10,13H2,1H3,(H,29,31). The quantitative estimate of drug-likeness (QED) is 0.398. The molecule has 1 amide bonds. The number of carbonyl (C=O) groups excluding carboxylic acids is 1. The first-order valence-corrected chi connectivity index (χ1v) is 12.4. The lowest BCUT2D eigenvalue weighted by Crippen LogP contribution is -2.40. The Morgan fingerprint density at radius 1 is 1.11 bits per heavy atom. The van der Waals surface area contributed by atoms with Crippen molar-refractivity contribution in [3.8, 4) is 0 Å². The molecule has 3 aromatic rings. The zero-order valence-electron chi connectivity index (χ0n) is 18.2. The first kappa shape index (κ1) is 27.0. The fourth-order valence-corrected chi connectivity index (χ4v) is 3.98. The Morgan fingerprint density at radius 3 is 2.43 bits per heavy atom. The van der Waals surface area contributed by atoms with Crippen molar-refractivity contribution < 1.29 is 31.1 Å². The van der Waals surface area contributed by atoms with Crippen LogP contribution in [-0.2, 0) is 32.6 Å². The molecule has 1 heterocycles. The minimum atomic E-state index is -5.76. The van der Waals surface area contributed by atoms with Crippen LogP contribution < -0.4 is 4.72 Å². The van der Waals surface area contributed by atoms with Crippen molar-refractivity contribution in [2.24, 2.45) is 0 Å². The van der Waals surface area contributed by atoms with Gasteiger partial charge in [0, 0.05) is 34.1 Å². The van der Waals surface area contributed by atoms with Crippen molar-refractivity contribution in [2.75, 3.05) is 0 Å². The lowest BCUT2D eigenvalue weighted by atomic mass is 10.2. The van der Waals surface area contributed by atoms with E-state index in [1.165, 1.54) is 0 Å². The number of nitrogens with zero attached hydrogens (tertiary/aromatic N) is 2. The Bertz CT molecular complexity index is 1300. The van der Waals surface area contributed by atoms with Gasteiger partial charge in [-0.15, -0.1) is 0 Å². The number of aromatic nitrogens is 2. The molecule has 0 bridgehead atoms. The number of alkyl halides is 3. The van der Waals surface area contributed by atoms with E-state index in [0.717, 1.165) is 10.3 Å². The van der Waals surface area contributed by atoms with Crippen molar-refractivity contribution >= 4 is 39.1 Å². The van der Waals surface area contributed by atoms with Crippen LogP contribution in [0.15, 0.2) is 54.6 Å². The van der Waals surface area contributed by atoms with E-state index in [1.807, 2.05) is 12.1 Å². The van der Waals surface area contributed by atoms with Gasteiger partial charge in [0.25, 0.3) is 0 Å². The van der Waals surface area contributed by atoms with Gasteiger partial charge in [-0.05, 0) is 42.8 Å². The minimum absolute atomic E-state index is 0.0908. The molecule has 3 rings (SSSR count). The molecule has 0 fully saturated rings. The fourth-order valence-electron chi connectivity index (χ4n) is 3.14. The largest absolute Gasteiger partial charge is 0.516 e. The average molecular weight is 550 g/mol. The van der Waals surface area contributed by atoms with Gasteiger partial charge >= 0.3 is 15.5 Å². The smallest absolute Gasteiger partial charge is 0.347 e. The molecule has 0 aliphatic heterocycles. The second-order valence-electron chi connectivity index (χ2n) is 7.54. The van der Waals surface area contributed by atoms with Gasteiger partial charge < -0.3 is 4.74 Å². The van der Waals surface area contributed by atoms with Crippen LogP contribution in [-0.4, -0.2) is 29.6 Å². The topological polar surface area (TPSA) is 90.3 Å². The summed E-state index contributed by atoms with van der Waals surface area (Å²) in [6.45, 7) is 1.95. The lowest BCUT2D eigenvalue weighted by molar-refractivity contribution is -0.120. The van der Waals surface area contributed by atoms with E-state index in [1.54, 1.807) is 54.1 Å².